The van der Waals surface area contributed by atoms with Crippen molar-refractivity contribution in [3.63, 3.8) is 0 Å². The van der Waals surface area contributed by atoms with E-state index in [0.717, 1.165) is 46.7 Å². The Morgan fingerprint density at radius 2 is 1.81 bits per heavy atom. The number of carbonyl (C=O) groups excluding carboxylic acids is 1. The fourth-order valence-electron chi connectivity index (χ4n) is 3.86. The molecule has 0 saturated carbocycles. The Balaban J connectivity index is 1.25. The zero-order chi connectivity index (χ0) is 21.9. The van der Waals surface area contributed by atoms with E-state index in [-0.39, 0.29) is 5.91 Å². The summed E-state index contributed by atoms with van der Waals surface area (Å²) >= 11 is 0. The molecule has 1 aromatic heterocycles. The molecule has 3 aromatic carbocycles. The summed E-state index contributed by atoms with van der Waals surface area (Å²) in [5.74, 6) is 2.19. The summed E-state index contributed by atoms with van der Waals surface area (Å²) < 4.78 is 11.3. The van der Waals surface area contributed by atoms with Crippen LogP contribution in [0.5, 0.6) is 11.5 Å². The normalized spacial score (nSPS) is 12.7. The van der Waals surface area contributed by atoms with E-state index in [1.165, 1.54) is 11.1 Å². The molecular weight excluding hydrogens is 402 g/mol. The van der Waals surface area contributed by atoms with Crippen molar-refractivity contribution in [1.29, 1.82) is 0 Å². The van der Waals surface area contributed by atoms with E-state index < -0.39 is 0 Å². The number of hydrogen-bond acceptors (Lipinski definition) is 4. The van der Waals surface area contributed by atoms with Crippen molar-refractivity contribution >= 4 is 22.6 Å². The first kappa shape index (κ1) is 20.1. The summed E-state index contributed by atoms with van der Waals surface area (Å²) in [6, 6.07) is 20.0. The van der Waals surface area contributed by atoms with Crippen LogP contribution < -0.4 is 14.8 Å². The van der Waals surface area contributed by atoms with Gasteiger partial charge < -0.3 is 19.8 Å². The number of amides is 1. The van der Waals surface area contributed by atoms with Crippen LogP contribution in [-0.2, 0) is 11.2 Å². The van der Waals surface area contributed by atoms with Crippen molar-refractivity contribution in [1.82, 2.24) is 9.97 Å². The number of anilines is 1. The van der Waals surface area contributed by atoms with Gasteiger partial charge in [-0.1, -0.05) is 42.0 Å². The molecule has 5 rings (SSSR count). The molecule has 32 heavy (non-hydrogen) atoms. The third-order valence-electron chi connectivity index (χ3n) is 5.56. The van der Waals surface area contributed by atoms with Gasteiger partial charge in [-0.3, -0.25) is 4.79 Å². The Kier molecular flexibility index (Phi) is 5.50. The molecule has 6 heteroatoms. The molecule has 1 amide bonds. The van der Waals surface area contributed by atoms with E-state index in [0.29, 0.717) is 25.4 Å². The average molecular weight is 428 g/mol. The third kappa shape index (κ3) is 4.44. The number of rotatable bonds is 6. The number of imidazole rings is 1. The number of hydrogen-bond donors (Lipinski definition) is 2. The molecule has 0 unspecified atom stereocenters. The maximum Gasteiger partial charge on any atom is 0.224 e. The van der Waals surface area contributed by atoms with Gasteiger partial charge in [0, 0.05) is 29.8 Å². The molecule has 0 spiro atoms. The number of ether oxygens (including phenoxy) is 2. The molecule has 1 aliphatic rings. The van der Waals surface area contributed by atoms with Crippen LogP contribution in [-0.4, -0.2) is 29.1 Å². The summed E-state index contributed by atoms with van der Waals surface area (Å²) in [6.07, 6.45) is 2.19. The Morgan fingerprint density at radius 3 is 2.62 bits per heavy atom. The molecular formula is C26H25N3O3. The lowest BCUT2D eigenvalue weighted by molar-refractivity contribution is -0.116. The number of aromatic amines is 1. The van der Waals surface area contributed by atoms with Crippen LogP contribution in [0.3, 0.4) is 0 Å². The van der Waals surface area contributed by atoms with Crippen LogP contribution >= 0.6 is 0 Å². The van der Waals surface area contributed by atoms with Crippen molar-refractivity contribution in [2.45, 2.75) is 26.2 Å². The van der Waals surface area contributed by atoms with Crippen LogP contribution in [0.25, 0.3) is 22.4 Å². The smallest absolute Gasteiger partial charge is 0.224 e. The quantitative estimate of drug-likeness (QED) is 0.439. The lowest BCUT2D eigenvalue weighted by Crippen LogP contribution is -2.15. The van der Waals surface area contributed by atoms with Crippen molar-refractivity contribution in [2.24, 2.45) is 0 Å². The Morgan fingerprint density at radius 1 is 1.03 bits per heavy atom. The Bertz CT molecular complexity index is 1220. The van der Waals surface area contributed by atoms with Crippen LogP contribution in [0.15, 0.2) is 60.7 Å². The summed E-state index contributed by atoms with van der Waals surface area (Å²) in [4.78, 5) is 20.5. The van der Waals surface area contributed by atoms with Crippen LogP contribution in [0, 0.1) is 6.92 Å². The topological polar surface area (TPSA) is 76.2 Å². The highest BCUT2D eigenvalue weighted by Crippen LogP contribution is 2.35. The number of nitrogens with zero attached hydrogens (tertiary/aromatic N) is 1. The molecule has 2 N–H and O–H groups in total. The molecule has 0 fully saturated rings. The molecule has 0 aliphatic carbocycles. The predicted molar refractivity (Wildman–Crippen MR) is 125 cm³/mol. The van der Waals surface area contributed by atoms with Gasteiger partial charge in [0.2, 0.25) is 5.91 Å². The number of aryl methyl sites for hydroxylation is 2. The number of H-pyrrole nitrogens is 1. The largest absolute Gasteiger partial charge is 0.486 e. The highest BCUT2D eigenvalue weighted by molar-refractivity contribution is 5.91. The average Bonchev–Trinajstić information content (AvgIpc) is 3.22. The zero-order valence-corrected chi connectivity index (χ0v) is 18.0. The van der Waals surface area contributed by atoms with Gasteiger partial charge in [0.05, 0.1) is 11.0 Å². The van der Waals surface area contributed by atoms with Gasteiger partial charge in [-0.15, -0.1) is 0 Å². The second kappa shape index (κ2) is 8.75. The summed E-state index contributed by atoms with van der Waals surface area (Å²) in [5.41, 5.74) is 5.86. The van der Waals surface area contributed by atoms with Crippen molar-refractivity contribution in [2.75, 3.05) is 18.5 Å². The number of fused-ring (bicyclic) bond motifs is 2. The first-order valence-corrected chi connectivity index (χ1v) is 10.9. The minimum atomic E-state index is 0.0147. The van der Waals surface area contributed by atoms with Gasteiger partial charge in [-0.05, 0) is 37.5 Å². The van der Waals surface area contributed by atoms with Crippen molar-refractivity contribution in [3.8, 4) is 22.9 Å². The zero-order valence-electron chi connectivity index (χ0n) is 18.0. The SMILES string of the molecule is Cc1ccc(CCCC(=O)Nc2cccc(-c3nc4cc5c(cc4[nH]3)OCCO5)c2)cc1. The Labute approximate surface area is 186 Å². The molecule has 0 bridgehead atoms. The number of benzene rings is 3. The monoisotopic (exact) mass is 427 g/mol. The fourth-order valence-corrected chi connectivity index (χ4v) is 3.86. The highest BCUT2D eigenvalue weighted by atomic mass is 16.6. The standard InChI is InChI=1S/C26H25N3O3/c1-17-8-10-18(11-9-17)4-2-7-25(30)27-20-6-3-5-19(14-20)26-28-21-15-23-24(16-22(21)29-26)32-13-12-31-23/h3,5-6,8-11,14-16H,2,4,7,12-13H2,1H3,(H,27,30)(H,28,29). The van der Waals surface area contributed by atoms with Crippen LogP contribution in [0.2, 0.25) is 0 Å². The van der Waals surface area contributed by atoms with Gasteiger partial charge in [-0.2, -0.15) is 0 Å². The third-order valence-corrected chi connectivity index (χ3v) is 5.56. The molecule has 0 radical (unpaired) electrons. The van der Waals surface area contributed by atoms with E-state index >= 15 is 0 Å². The van der Waals surface area contributed by atoms with E-state index in [9.17, 15) is 4.79 Å². The van der Waals surface area contributed by atoms with Gasteiger partial charge in [0.25, 0.3) is 0 Å². The van der Waals surface area contributed by atoms with E-state index in [4.69, 9.17) is 14.5 Å². The second-order valence-corrected chi connectivity index (χ2v) is 8.07. The second-order valence-electron chi connectivity index (χ2n) is 8.07. The summed E-state index contributed by atoms with van der Waals surface area (Å²) in [7, 11) is 0. The predicted octanol–water partition coefficient (Wildman–Crippen LogP) is 5.27. The fraction of sp³-hybridized carbons (Fsp3) is 0.231. The minimum Gasteiger partial charge on any atom is -0.486 e. The minimum absolute atomic E-state index is 0.0147. The van der Waals surface area contributed by atoms with Gasteiger partial charge >= 0.3 is 0 Å². The molecule has 0 saturated heterocycles. The van der Waals surface area contributed by atoms with Crippen LogP contribution in [0.4, 0.5) is 5.69 Å². The maximum absolute atomic E-state index is 12.4. The van der Waals surface area contributed by atoms with Crippen LogP contribution in [0.1, 0.15) is 24.0 Å². The van der Waals surface area contributed by atoms with Gasteiger partial charge in [-0.25, -0.2) is 4.98 Å². The molecule has 6 nitrogen and oxygen atoms in total. The molecule has 4 aromatic rings. The Hall–Kier alpha value is -3.80. The lowest BCUT2D eigenvalue weighted by Gasteiger charge is -2.17. The van der Waals surface area contributed by atoms with E-state index in [1.807, 2.05) is 36.4 Å². The summed E-state index contributed by atoms with van der Waals surface area (Å²) in [5, 5.41) is 3.01. The van der Waals surface area contributed by atoms with Gasteiger partial charge in [0.15, 0.2) is 11.5 Å². The van der Waals surface area contributed by atoms with Gasteiger partial charge in [0.1, 0.15) is 19.0 Å². The van der Waals surface area contributed by atoms with Crippen molar-refractivity contribution in [3.05, 3.63) is 71.8 Å². The highest BCUT2D eigenvalue weighted by Gasteiger charge is 2.15. The molecule has 1 aliphatic heterocycles. The maximum atomic E-state index is 12.4. The van der Waals surface area contributed by atoms with E-state index in [2.05, 4.69) is 41.5 Å². The molecule has 0 atom stereocenters. The molecule has 2 heterocycles. The van der Waals surface area contributed by atoms with E-state index in [1.54, 1.807) is 0 Å². The lowest BCUT2D eigenvalue weighted by atomic mass is 10.1. The number of carbonyl (C=O) groups is 1. The number of aromatic nitrogens is 2. The molecule has 162 valence electrons. The summed E-state index contributed by atoms with van der Waals surface area (Å²) in [6.45, 7) is 3.17. The first-order valence-electron chi connectivity index (χ1n) is 10.9. The number of nitrogens with one attached hydrogen (secondary N) is 2. The van der Waals surface area contributed by atoms with Crippen molar-refractivity contribution < 1.29 is 14.3 Å². The first-order chi connectivity index (χ1) is 15.6.